The van der Waals surface area contributed by atoms with E-state index < -0.39 is 0 Å². The van der Waals surface area contributed by atoms with Crippen molar-refractivity contribution in [1.82, 2.24) is 10.3 Å². The van der Waals surface area contributed by atoms with Gasteiger partial charge in [-0.3, -0.25) is 9.78 Å². The van der Waals surface area contributed by atoms with Crippen LogP contribution in [0.15, 0.2) is 42.6 Å². The Morgan fingerprint density at radius 1 is 1.24 bits per heavy atom. The zero-order valence-corrected chi connectivity index (χ0v) is 14.6. The zero-order chi connectivity index (χ0) is 17.5. The lowest BCUT2D eigenvalue weighted by Gasteiger charge is -2.14. The van der Waals surface area contributed by atoms with Crippen molar-refractivity contribution >= 4 is 11.6 Å². The molecule has 0 radical (unpaired) electrons. The Hall–Kier alpha value is -2.56. The summed E-state index contributed by atoms with van der Waals surface area (Å²) < 4.78 is 5.33. The predicted molar refractivity (Wildman–Crippen MR) is 99.1 cm³/mol. The molecular weight excluding hydrogens is 314 g/mol. The molecule has 3 rings (SSSR count). The lowest BCUT2D eigenvalue weighted by Crippen LogP contribution is -2.27. The Kier molecular flexibility index (Phi) is 5.88. The average molecular weight is 339 g/mol. The molecule has 0 aliphatic heterocycles. The summed E-state index contributed by atoms with van der Waals surface area (Å²) in [7, 11) is 1.66. The highest BCUT2D eigenvalue weighted by Gasteiger charge is 2.15. The molecule has 5 nitrogen and oxygen atoms in total. The number of pyridine rings is 1. The van der Waals surface area contributed by atoms with Crippen molar-refractivity contribution in [3.05, 3.63) is 53.9 Å². The first-order valence-electron chi connectivity index (χ1n) is 8.89. The van der Waals surface area contributed by atoms with E-state index in [4.69, 9.17) is 4.74 Å². The number of hydrogen-bond acceptors (Lipinski definition) is 4. The summed E-state index contributed by atoms with van der Waals surface area (Å²) in [6.45, 7) is 0.543. The normalized spacial score (nSPS) is 14.3. The number of benzene rings is 1. The molecule has 132 valence electrons. The van der Waals surface area contributed by atoms with Gasteiger partial charge in [-0.2, -0.15) is 0 Å². The molecule has 0 unspecified atom stereocenters. The first-order valence-corrected chi connectivity index (χ1v) is 8.89. The van der Waals surface area contributed by atoms with Crippen LogP contribution >= 0.6 is 0 Å². The van der Waals surface area contributed by atoms with Crippen LogP contribution in [0.5, 0.6) is 5.75 Å². The fourth-order valence-electron chi connectivity index (χ4n) is 3.26. The SMILES string of the molecule is COc1ccccc1CCNC(=O)c1cc(NC2CCCC2)ccn1. The first kappa shape index (κ1) is 17.3. The maximum Gasteiger partial charge on any atom is 0.269 e. The minimum absolute atomic E-state index is 0.148. The molecule has 1 heterocycles. The number of amides is 1. The number of anilines is 1. The largest absolute Gasteiger partial charge is 0.496 e. The number of carbonyl (C=O) groups excluding carboxylic acids is 1. The Morgan fingerprint density at radius 3 is 2.84 bits per heavy atom. The highest BCUT2D eigenvalue weighted by atomic mass is 16.5. The van der Waals surface area contributed by atoms with Gasteiger partial charge in [0.15, 0.2) is 0 Å². The predicted octanol–water partition coefficient (Wildman–Crippen LogP) is 3.42. The lowest BCUT2D eigenvalue weighted by molar-refractivity contribution is 0.0949. The molecule has 0 saturated heterocycles. The minimum Gasteiger partial charge on any atom is -0.496 e. The van der Waals surface area contributed by atoms with E-state index in [9.17, 15) is 4.79 Å². The van der Waals surface area contributed by atoms with Gasteiger partial charge in [-0.15, -0.1) is 0 Å². The lowest BCUT2D eigenvalue weighted by atomic mass is 10.1. The number of carbonyl (C=O) groups is 1. The quantitative estimate of drug-likeness (QED) is 0.811. The molecule has 25 heavy (non-hydrogen) atoms. The summed E-state index contributed by atoms with van der Waals surface area (Å²) >= 11 is 0. The van der Waals surface area contributed by atoms with Gasteiger partial charge in [0.25, 0.3) is 5.91 Å². The summed E-state index contributed by atoms with van der Waals surface area (Å²) in [5, 5.41) is 6.43. The molecule has 1 amide bonds. The number of rotatable bonds is 7. The molecule has 1 aromatic heterocycles. The standard InChI is InChI=1S/C20H25N3O2/c1-25-19-9-5-2-6-15(19)10-12-22-20(24)18-14-17(11-13-21-18)23-16-7-3-4-8-16/h2,5-6,9,11,13-14,16H,3-4,7-8,10,12H2,1H3,(H,21,23)(H,22,24). The van der Waals surface area contributed by atoms with E-state index in [1.54, 1.807) is 13.3 Å². The van der Waals surface area contributed by atoms with Crippen molar-refractivity contribution in [2.45, 2.75) is 38.1 Å². The fourth-order valence-corrected chi connectivity index (χ4v) is 3.26. The van der Waals surface area contributed by atoms with Gasteiger partial charge in [-0.05, 0) is 43.0 Å². The Morgan fingerprint density at radius 2 is 2.04 bits per heavy atom. The van der Waals surface area contributed by atoms with Gasteiger partial charge in [0.1, 0.15) is 11.4 Å². The van der Waals surface area contributed by atoms with Gasteiger partial charge in [0.2, 0.25) is 0 Å². The number of para-hydroxylation sites is 1. The van der Waals surface area contributed by atoms with Crippen LogP contribution in [0.3, 0.4) is 0 Å². The van der Waals surface area contributed by atoms with Crippen LogP contribution in [0.25, 0.3) is 0 Å². The third kappa shape index (κ3) is 4.72. The van der Waals surface area contributed by atoms with Crippen molar-refractivity contribution in [3.63, 3.8) is 0 Å². The van der Waals surface area contributed by atoms with Gasteiger partial charge < -0.3 is 15.4 Å². The number of methoxy groups -OCH3 is 1. The highest BCUT2D eigenvalue weighted by Crippen LogP contribution is 2.22. The van der Waals surface area contributed by atoms with Gasteiger partial charge in [-0.1, -0.05) is 31.0 Å². The van der Waals surface area contributed by atoms with Gasteiger partial charge in [-0.25, -0.2) is 0 Å². The first-order chi connectivity index (χ1) is 12.3. The molecule has 2 aromatic rings. The van der Waals surface area contributed by atoms with Crippen LogP contribution in [0, 0.1) is 0 Å². The van der Waals surface area contributed by atoms with Crippen LogP contribution in [0.1, 0.15) is 41.7 Å². The summed E-state index contributed by atoms with van der Waals surface area (Å²) in [4.78, 5) is 16.5. The average Bonchev–Trinajstić information content (AvgIpc) is 3.15. The van der Waals surface area contributed by atoms with Gasteiger partial charge >= 0.3 is 0 Å². The summed E-state index contributed by atoms with van der Waals surface area (Å²) in [6.07, 6.45) is 7.35. The number of aromatic nitrogens is 1. The van der Waals surface area contributed by atoms with E-state index in [0.29, 0.717) is 18.3 Å². The second-order valence-electron chi connectivity index (χ2n) is 6.37. The van der Waals surface area contributed by atoms with Crippen molar-refractivity contribution in [2.75, 3.05) is 19.0 Å². The molecular formula is C20H25N3O2. The van der Waals surface area contributed by atoms with Crippen LogP contribution in [-0.2, 0) is 6.42 Å². The molecule has 1 fully saturated rings. The zero-order valence-electron chi connectivity index (χ0n) is 14.6. The number of nitrogens with one attached hydrogen (secondary N) is 2. The van der Waals surface area contributed by atoms with Crippen molar-refractivity contribution in [2.24, 2.45) is 0 Å². The van der Waals surface area contributed by atoms with E-state index in [-0.39, 0.29) is 5.91 Å². The number of hydrogen-bond donors (Lipinski definition) is 2. The Balaban J connectivity index is 1.54. The minimum atomic E-state index is -0.148. The van der Waals surface area contributed by atoms with Crippen molar-refractivity contribution in [3.8, 4) is 5.75 Å². The summed E-state index contributed by atoms with van der Waals surface area (Å²) in [6, 6.07) is 12.1. The van der Waals surface area contributed by atoms with E-state index in [2.05, 4.69) is 15.6 Å². The maximum absolute atomic E-state index is 12.3. The third-order valence-corrected chi connectivity index (χ3v) is 4.59. The topological polar surface area (TPSA) is 63.2 Å². The van der Waals surface area contributed by atoms with Crippen molar-refractivity contribution < 1.29 is 9.53 Å². The summed E-state index contributed by atoms with van der Waals surface area (Å²) in [5.41, 5.74) is 2.50. The molecule has 0 spiro atoms. The molecule has 1 aliphatic rings. The maximum atomic E-state index is 12.3. The Bertz CT molecular complexity index is 712. The Labute approximate surface area is 148 Å². The molecule has 5 heteroatoms. The second kappa shape index (κ2) is 8.51. The van der Waals surface area contributed by atoms with E-state index in [0.717, 1.165) is 23.4 Å². The van der Waals surface area contributed by atoms with Crippen molar-refractivity contribution in [1.29, 1.82) is 0 Å². The monoisotopic (exact) mass is 339 g/mol. The van der Waals surface area contributed by atoms with Crippen LogP contribution < -0.4 is 15.4 Å². The van der Waals surface area contributed by atoms with Gasteiger partial charge in [0.05, 0.1) is 7.11 Å². The molecule has 2 N–H and O–H groups in total. The number of ether oxygens (including phenoxy) is 1. The molecule has 1 aliphatic carbocycles. The smallest absolute Gasteiger partial charge is 0.269 e. The summed E-state index contributed by atoms with van der Waals surface area (Å²) in [5.74, 6) is 0.697. The number of nitrogens with zero attached hydrogens (tertiary/aromatic N) is 1. The van der Waals surface area contributed by atoms with E-state index in [1.165, 1.54) is 25.7 Å². The molecule has 1 aromatic carbocycles. The van der Waals surface area contributed by atoms with Crippen LogP contribution in [-0.4, -0.2) is 30.6 Å². The second-order valence-corrected chi connectivity index (χ2v) is 6.37. The molecule has 0 bridgehead atoms. The highest BCUT2D eigenvalue weighted by molar-refractivity contribution is 5.93. The fraction of sp³-hybridized carbons (Fsp3) is 0.400. The van der Waals surface area contributed by atoms with E-state index in [1.807, 2.05) is 36.4 Å². The van der Waals surface area contributed by atoms with Crippen LogP contribution in [0.4, 0.5) is 5.69 Å². The third-order valence-electron chi connectivity index (χ3n) is 4.59. The molecule has 0 atom stereocenters. The van der Waals surface area contributed by atoms with Crippen LogP contribution in [0.2, 0.25) is 0 Å². The van der Waals surface area contributed by atoms with Gasteiger partial charge in [0, 0.05) is 24.5 Å². The molecule has 1 saturated carbocycles. The van der Waals surface area contributed by atoms with E-state index >= 15 is 0 Å².